The molecule has 1 aliphatic carbocycles. The van der Waals surface area contributed by atoms with E-state index in [1.807, 2.05) is 41.3 Å². The van der Waals surface area contributed by atoms with E-state index in [4.69, 9.17) is 16.3 Å². The van der Waals surface area contributed by atoms with Crippen LogP contribution < -0.4 is 10.2 Å². The minimum Gasteiger partial charge on any atom is -0.455 e. The van der Waals surface area contributed by atoms with Crippen LogP contribution in [0.3, 0.4) is 0 Å². The van der Waals surface area contributed by atoms with Gasteiger partial charge in [0.15, 0.2) is 6.61 Å². The van der Waals surface area contributed by atoms with Crippen LogP contribution in [0.4, 0.5) is 5.69 Å². The number of carbonyl (C=O) groups excluding carboxylic acids is 3. The lowest BCUT2D eigenvalue weighted by Crippen LogP contribution is -2.43. The molecule has 6 nitrogen and oxygen atoms in total. The van der Waals surface area contributed by atoms with Crippen LogP contribution in [0, 0.1) is 11.8 Å². The molecular formula is C25H27ClN2O4. The third-order valence-electron chi connectivity index (χ3n) is 6.29. The van der Waals surface area contributed by atoms with Crippen LogP contribution in [-0.2, 0) is 32.1 Å². The Hall–Kier alpha value is -2.86. The maximum absolute atomic E-state index is 13.3. The highest BCUT2D eigenvalue weighted by molar-refractivity contribution is 6.30. The molecule has 1 fully saturated rings. The highest BCUT2D eigenvalue weighted by Crippen LogP contribution is 2.36. The van der Waals surface area contributed by atoms with Gasteiger partial charge in [0.25, 0.3) is 5.91 Å². The summed E-state index contributed by atoms with van der Waals surface area (Å²) in [6.45, 7) is 0.617. The number of esters is 1. The van der Waals surface area contributed by atoms with Crippen molar-refractivity contribution in [3.63, 3.8) is 0 Å². The van der Waals surface area contributed by atoms with Crippen molar-refractivity contribution in [3.05, 3.63) is 64.7 Å². The van der Waals surface area contributed by atoms with Gasteiger partial charge >= 0.3 is 5.97 Å². The van der Waals surface area contributed by atoms with Crippen LogP contribution >= 0.6 is 11.6 Å². The van der Waals surface area contributed by atoms with Crippen LogP contribution in [0.25, 0.3) is 0 Å². The number of para-hydroxylation sites is 1. The van der Waals surface area contributed by atoms with Crippen LogP contribution in [0.5, 0.6) is 0 Å². The van der Waals surface area contributed by atoms with Crippen LogP contribution in [0.1, 0.15) is 36.8 Å². The summed E-state index contributed by atoms with van der Waals surface area (Å²) < 4.78 is 5.32. The Morgan fingerprint density at radius 2 is 1.72 bits per heavy atom. The van der Waals surface area contributed by atoms with Crippen molar-refractivity contribution in [3.8, 4) is 0 Å². The van der Waals surface area contributed by atoms with Crippen LogP contribution in [0.15, 0.2) is 48.5 Å². The van der Waals surface area contributed by atoms with Crippen molar-refractivity contribution >= 4 is 35.1 Å². The van der Waals surface area contributed by atoms with Gasteiger partial charge < -0.3 is 15.0 Å². The molecule has 2 unspecified atom stereocenters. The second-order valence-electron chi connectivity index (χ2n) is 8.38. The van der Waals surface area contributed by atoms with E-state index in [2.05, 4.69) is 5.32 Å². The van der Waals surface area contributed by atoms with E-state index < -0.39 is 17.8 Å². The van der Waals surface area contributed by atoms with Gasteiger partial charge in [-0.05, 0) is 48.6 Å². The van der Waals surface area contributed by atoms with E-state index in [-0.39, 0.29) is 18.4 Å². The van der Waals surface area contributed by atoms with Crippen molar-refractivity contribution in [1.29, 1.82) is 0 Å². The molecule has 0 aromatic heterocycles. The highest BCUT2D eigenvalue weighted by Gasteiger charge is 2.40. The Morgan fingerprint density at radius 3 is 2.50 bits per heavy atom. The summed E-state index contributed by atoms with van der Waals surface area (Å²) >= 11 is 5.86. The van der Waals surface area contributed by atoms with Gasteiger partial charge in [-0.15, -0.1) is 0 Å². The molecule has 2 amide bonds. The normalized spacial score (nSPS) is 19.8. The zero-order chi connectivity index (χ0) is 22.5. The average molecular weight is 455 g/mol. The number of ether oxygens (including phenoxy) is 1. The predicted molar refractivity (Wildman–Crippen MR) is 122 cm³/mol. The first kappa shape index (κ1) is 22.3. The Bertz CT molecular complexity index is 992. The standard InChI is InChI=1S/C25H27ClN2O4/c26-19-11-9-17(10-12-19)15-27-23(29)16-32-25(31)21-7-3-2-6-20(21)24(30)28-14-13-18-5-1-4-8-22(18)28/h1,4-5,8-12,20-21H,2-3,6-7,13-16H2,(H,27,29). The summed E-state index contributed by atoms with van der Waals surface area (Å²) in [4.78, 5) is 40.1. The molecule has 2 aliphatic rings. The molecule has 0 spiro atoms. The fourth-order valence-electron chi connectivity index (χ4n) is 4.57. The van der Waals surface area contributed by atoms with Gasteiger partial charge in [-0.2, -0.15) is 0 Å². The molecule has 1 aliphatic heterocycles. The largest absolute Gasteiger partial charge is 0.455 e. The number of nitrogens with zero attached hydrogens (tertiary/aromatic N) is 1. The highest BCUT2D eigenvalue weighted by atomic mass is 35.5. The second kappa shape index (κ2) is 10.2. The zero-order valence-corrected chi connectivity index (χ0v) is 18.6. The Morgan fingerprint density at radius 1 is 1.00 bits per heavy atom. The minimum absolute atomic E-state index is 0.0104. The number of nitrogens with one attached hydrogen (secondary N) is 1. The van der Waals surface area contributed by atoms with Crippen molar-refractivity contribution in [2.24, 2.45) is 11.8 Å². The number of fused-ring (bicyclic) bond motifs is 1. The third-order valence-corrected chi connectivity index (χ3v) is 6.54. The number of hydrogen-bond donors (Lipinski definition) is 1. The van der Waals surface area contributed by atoms with E-state index in [9.17, 15) is 14.4 Å². The molecule has 4 rings (SSSR count). The molecule has 32 heavy (non-hydrogen) atoms. The van der Waals surface area contributed by atoms with Crippen LogP contribution in [0.2, 0.25) is 5.02 Å². The number of anilines is 1. The smallest absolute Gasteiger partial charge is 0.310 e. The molecule has 7 heteroatoms. The summed E-state index contributed by atoms with van der Waals surface area (Å²) in [5, 5.41) is 3.36. The molecule has 1 heterocycles. The van der Waals surface area contributed by atoms with Gasteiger partial charge in [0, 0.05) is 23.8 Å². The maximum atomic E-state index is 13.3. The molecule has 168 valence electrons. The topological polar surface area (TPSA) is 75.7 Å². The van der Waals surface area contributed by atoms with Gasteiger partial charge in [0.2, 0.25) is 5.91 Å². The quantitative estimate of drug-likeness (QED) is 0.672. The number of halogens is 1. The lowest BCUT2D eigenvalue weighted by atomic mass is 9.78. The molecule has 1 saturated carbocycles. The lowest BCUT2D eigenvalue weighted by molar-refractivity contribution is -0.157. The van der Waals surface area contributed by atoms with E-state index in [0.717, 1.165) is 36.1 Å². The first-order valence-corrected chi connectivity index (χ1v) is 11.5. The van der Waals surface area contributed by atoms with Crippen molar-refractivity contribution in [2.45, 2.75) is 38.6 Å². The lowest BCUT2D eigenvalue weighted by Gasteiger charge is -2.32. The third kappa shape index (κ3) is 5.13. The molecule has 0 radical (unpaired) electrons. The summed E-state index contributed by atoms with van der Waals surface area (Å²) in [6.07, 6.45) is 3.90. The van der Waals surface area contributed by atoms with Gasteiger partial charge in [-0.3, -0.25) is 14.4 Å². The van der Waals surface area contributed by atoms with Gasteiger partial charge in [0.1, 0.15) is 0 Å². The monoisotopic (exact) mass is 454 g/mol. The van der Waals surface area contributed by atoms with Gasteiger partial charge in [0.05, 0.1) is 11.8 Å². The summed E-state index contributed by atoms with van der Waals surface area (Å²) in [6, 6.07) is 15.1. The fraction of sp³-hybridized carbons (Fsp3) is 0.400. The number of carbonyl (C=O) groups is 3. The summed E-state index contributed by atoms with van der Waals surface area (Å²) in [7, 11) is 0. The van der Waals surface area contributed by atoms with Gasteiger partial charge in [-0.25, -0.2) is 0 Å². The second-order valence-corrected chi connectivity index (χ2v) is 8.81. The van der Waals surface area contributed by atoms with Crippen molar-refractivity contribution < 1.29 is 19.1 Å². The molecule has 1 N–H and O–H groups in total. The Labute approximate surface area is 192 Å². The maximum Gasteiger partial charge on any atom is 0.310 e. The molecule has 0 saturated heterocycles. The van der Waals surface area contributed by atoms with Crippen molar-refractivity contribution in [1.82, 2.24) is 5.32 Å². The first-order chi connectivity index (χ1) is 15.5. The minimum atomic E-state index is -0.506. The Kier molecular flexibility index (Phi) is 7.10. The van der Waals surface area contributed by atoms with Crippen LogP contribution in [-0.4, -0.2) is 30.9 Å². The number of benzene rings is 2. The average Bonchev–Trinajstić information content (AvgIpc) is 3.26. The number of amides is 2. The van der Waals surface area contributed by atoms with Gasteiger partial charge in [-0.1, -0.05) is 54.8 Å². The summed E-state index contributed by atoms with van der Waals surface area (Å²) in [5.41, 5.74) is 3.00. The fourth-order valence-corrected chi connectivity index (χ4v) is 4.70. The number of hydrogen-bond acceptors (Lipinski definition) is 4. The first-order valence-electron chi connectivity index (χ1n) is 11.1. The zero-order valence-electron chi connectivity index (χ0n) is 17.9. The van der Waals surface area contributed by atoms with E-state index in [1.165, 1.54) is 0 Å². The number of rotatable bonds is 6. The summed E-state index contributed by atoms with van der Waals surface area (Å²) in [5.74, 6) is -1.76. The van der Waals surface area contributed by atoms with E-state index in [0.29, 0.717) is 31.0 Å². The SMILES string of the molecule is O=C(COC(=O)C1CCCCC1C(=O)N1CCc2ccccc21)NCc1ccc(Cl)cc1. The predicted octanol–water partition coefficient (Wildman–Crippen LogP) is 3.90. The van der Waals surface area contributed by atoms with E-state index in [1.54, 1.807) is 12.1 Å². The van der Waals surface area contributed by atoms with Crippen molar-refractivity contribution in [2.75, 3.05) is 18.1 Å². The van der Waals surface area contributed by atoms with E-state index >= 15 is 0 Å². The molecule has 2 aromatic rings. The molecule has 2 aromatic carbocycles. The Balaban J connectivity index is 1.32. The molecule has 0 bridgehead atoms. The molecule has 2 atom stereocenters. The molecular weight excluding hydrogens is 428 g/mol.